The number of para-hydroxylation sites is 1. The van der Waals surface area contributed by atoms with E-state index in [1.807, 2.05) is 48.4 Å². The zero-order valence-corrected chi connectivity index (χ0v) is 14.4. The molecule has 25 heavy (non-hydrogen) atoms. The highest BCUT2D eigenvalue weighted by molar-refractivity contribution is 6.11. The van der Waals surface area contributed by atoms with E-state index >= 15 is 0 Å². The largest absolute Gasteiger partial charge is 0.497 e. The molecule has 0 amide bonds. The Kier molecular flexibility index (Phi) is 3.80. The van der Waals surface area contributed by atoms with E-state index in [1.165, 1.54) is 10.9 Å². The maximum Gasteiger partial charge on any atom is 0.209 e. The van der Waals surface area contributed by atoms with Crippen molar-refractivity contribution in [2.24, 2.45) is 0 Å². The van der Waals surface area contributed by atoms with Crippen LogP contribution in [0.15, 0.2) is 54.2 Å². The maximum atomic E-state index is 13.0. The van der Waals surface area contributed by atoms with Crippen LogP contribution in [0.25, 0.3) is 17.0 Å². The second kappa shape index (κ2) is 6.13. The van der Waals surface area contributed by atoms with Gasteiger partial charge in [-0.1, -0.05) is 18.2 Å². The quantitative estimate of drug-likeness (QED) is 0.740. The monoisotopic (exact) mass is 332 g/mol. The summed E-state index contributed by atoms with van der Waals surface area (Å²) in [4.78, 5) is 18.5. The number of likely N-dealkylation sites (N-methyl/N-ethyl adjacent to an activating group) is 1. The number of fused-ring (bicyclic) bond motifs is 3. The van der Waals surface area contributed by atoms with Crippen molar-refractivity contribution in [1.82, 2.24) is 9.88 Å². The third-order valence-corrected chi connectivity index (χ3v) is 4.82. The smallest absolute Gasteiger partial charge is 0.209 e. The number of allylic oxidation sites excluding steroid dienone is 1. The SMILES string of the molecule is COc1ccc(C(=O)C2=Cc3[nH]c4ccccc4c3CCN2C)cc1. The Morgan fingerprint density at radius 2 is 1.88 bits per heavy atom. The summed E-state index contributed by atoms with van der Waals surface area (Å²) in [6.07, 6.45) is 2.89. The molecule has 4 rings (SSSR count). The van der Waals surface area contributed by atoms with Gasteiger partial charge >= 0.3 is 0 Å². The van der Waals surface area contributed by atoms with E-state index in [0.29, 0.717) is 11.3 Å². The molecule has 0 atom stereocenters. The molecule has 2 aromatic carbocycles. The molecule has 0 aliphatic carbocycles. The lowest BCUT2D eigenvalue weighted by Gasteiger charge is -2.20. The van der Waals surface area contributed by atoms with Gasteiger partial charge in [0.25, 0.3) is 0 Å². The fourth-order valence-electron chi connectivity index (χ4n) is 3.39. The number of methoxy groups -OCH3 is 1. The molecular weight excluding hydrogens is 312 g/mol. The van der Waals surface area contributed by atoms with E-state index in [-0.39, 0.29) is 5.78 Å². The molecule has 0 spiro atoms. The van der Waals surface area contributed by atoms with Crippen molar-refractivity contribution < 1.29 is 9.53 Å². The molecule has 0 fully saturated rings. The third kappa shape index (κ3) is 2.70. The first-order valence-electron chi connectivity index (χ1n) is 8.38. The number of aromatic nitrogens is 1. The lowest BCUT2D eigenvalue weighted by atomic mass is 10.1. The van der Waals surface area contributed by atoms with Crippen molar-refractivity contribution in [3.63, 3.8) is 0 Å². The van der Waals surface area contributed by atoms with Crippen LogP contribution in [-0.2, 0) is 6.42 Å². The maximum absolute atomic E-state index is 13.0. The van der Waals surface area contributed by atoms with Gasteiger partial charge in [-0.15, -0.1) is 0 Å². The molecular formula is C21H20N2O2. The van der Waals surface area contributed by atoms with Crippen molar-refractivity contribution in [2.45, 2.75) is 6.42 Å². The minimum Gasteiger partial charge on any atom is -0.497 e. The van der Waals surface area contributed by atoms with E-state index in [2.05, 4.69) is 23.2 Å². The van der Waals surface area contributed by atoms with Crippen LogP contribution in [0.1, 0.15) is 21.6 Å². The van der Waals surface area contributed by atoms with E-state index in [0.717, 1.165) is 29.9 Å². The Morgan fingerprint density at radius 1 is 1.12 bits per heavy atom. The summed E-state index contributed by atoms with van der Waals surface area (Å²) >= 11 is 0. The van der Waals surface area contributed by atoms with Gasteiger partial charge in [-0.05, 0) is 48.4 Å². The van der Waals surface area contributed by atoms with Crippen LogP contribution >= 0.6 is 0 Å². The number of benzene rings is 2. The van der Waals surface area contributed by atoms with Crippen LogP contribution in [0.3, 0.4) is 0 Å². The summed E-state index contributed by atoms with van der Waals surface area (Å²) in [5.74, 6) is 0.773. The number of nitrogens with zero attached hydrogens (tertiary/aromatic N) is 1. The minimum absolute atomic E-state index is 0.0247. The molecule has 0 radical (unpaired) electrons. The number of rotatable bonds is 3. The van der Waals surface area contributed by atoms with Gasteiger partial charge in [0.1, 0.15) is 5.75 Å². The highest BCUT2D eigenvalue weighted by Crippen LogP contribution is 2.29. The standard InChI is InChI=1S/C21H20N2O2/c1-23-12-11-17-16-5-3-4-6-18(16)22-19(17)13-20(23)21(24)14-7-9-15(25-2)10-8-14/h3-10,13,22H,11-12H2,1-2H3. The van der Waals surface area contributed by atoms with Gasteiger partial charge in [0.05, 0.1) is 12.8 Å². The highest BCUT2D eigenvalue weighted by Gasteiger charge is 2.22. The zero-order chi connectivity index (χ0) is 17.4. The van der Waals surface area contributed by atoms with Gasteiger partial charge < -0.3 is 14.6 Å². The molecule has 0 saturated heterocycles. The molecule has 0 saturated carbocycles. The number of hydrogen-bond acceptors (Lipinski definition) is 3. The Balaban J connectivity index is 1.77. The lowest BCUT2D eigenvalue weighted by Crippen LogP contribution is -2.24. The predicted molar refractivity (Wildman–Crippen MR) is 99.9 cm³/mol. The molecule has 1 aliphatic rings. The molecule has 126 valence electrons. The van der Waals surface area contributed by atoms with Crippen LogP contribution < -0.4 is 4.74 Å². The van der Waals surface area contributed by atoms with Crippen molar-refractivity contribution >= 4 is 22.8 Å². The van der Waals surface area contributed by atoms with Crippen molar-refractivity contribution in [3.05, 3.63) is 71.0 Å². The fourth-order valence-corrected chi connectivity index (χ4v) is 3.39. The van der Waals surface area contributed by atoms with Crippen LogP contribution in [0.4, 0.5) is 0 Å². The first-order valence-corrected chi connectivity index (χ1v) is 8.38. The second-order valence-corrected chi connectivity index (χ2v) is 6.32. The van der Waals surface area contributed by atoms with Gasteiger partial charge in [0.2, 0.25) is 5.78 Å². The van der Waals surface area contributed by atoms with E-state index in [4.69, 9.17) is 4.74 Å². The third-order valence-electron chi connectivity index (χ3n) is 4.82. The Labute approximate surface area is 146 Å². The van der Waals surface area contributed by atoms with Crippen LogP contribution in [0, 0.1) is 0 Å². The van der Waals surface area contributed by atoms with Gasteiger partial charge in [0.15, 0.2) is 0 Å². The zero-order valence-electron chi connectivity index (χ0n) is 14.4. The molecule has 1 N–H and O–H groups in total. The fraction of sp³-hybridized carbons (Fsp3) is 0.190. The Bertz CT molecular complexity index is 967. The summed E-state index contributed by atoms with van der Waals surface area (Å²) < 4.78 is 5.17. The van der Waals surface area contributed by atoms with Gasteiger partial charge in [-0.25, -0.2) is 0 Å². The van der Waals surface area contributed by atoms with Crippen LogP contribution in [-0.4, -0.2) is 36.4 Å². The first kappa shape index (κ1) is 15.5. The van der Waals surface area contributed by atoms with Crippen molar-refractivity contribution in [2.75, 3.05) is 20.7 Å². The predicted octanol–water partition coefficient (Wildman–Crippen LogP) is 3.89. The molecule has 0 unspecified atom stereocenters. The number of Topliss-reactive ketones (excluding diaryl/α,β-unsaturated/α-hetero) is 1. The number of hydrogen-bond donors (Lipinski definition) is 1. The summed E-state index contributed by atoms with van der Waals surface area (Å²) in [5, 5.41) is 1.24. The molecule has 2 heterocycles. The van der Waals surface area contributed by atoms with Crippen LogP contribution in [0.2, 0.25) is 0 Å². The molecule has 1 aliphatic heterocycles. The van der Waals surface area contributed by atoms with Crippen molar-refractivity contribution in [1.29, 1.82) is 0 Å². The highest BCUT2D eigenvalue weighted by atomic mass is 16.5. The summed E-state index contributed by atoms with van der Waals surface area (Å²) in [5.41, 5.74) is 4.79. The van der Waals surface area contributed by atoms with Crippen LogP contribution in [0.5, 0.6) is 5.75 Å². The van der Waals surface area contributed by atoms with E-state index in [1.54, 1.807) is 7.11 Å². The van der Waals surface area contributed by atoms with Gasteiger partial charge in [-0.2, -0.15) is 0 Å². The Hall–Kier alpha value is -3.01. The number of ether oxygens (including phenoxy) is 1. The van der Waals surface area contributed by atoms with E-state index in [9.17, 15) is 4.79 Å². The number of carbonyl (C=O) groups is 1. The van der Waals surface area contributed by atoms with Gasteiger partial charge in [0, 0.05) is 35.8 Å². The van der Waals surface area contributed by atoms with Crippen molar-refractivity contribution in [3.8, 4) is 5.75 Å². The topological polar surface area (TPSA) is 45.3 Å². The number of H-pyrrole nitrogens is 1. The second-order valence-electron chi connectivity index (χ2n) is 6.32. The number of carbonyl (C=O) groups excluding carboxylic acids is 1. The molecule has 1 aromatic heterocycles. The Morgan fingerprint density at radius 3 is 2.64 bits per heavy atom. The molecule has 0 bridgehead atoms. The van der Waals surface area contributed by atoms with Gasteiger partial charge in [-0.3, -0.25) is 4.79 Å². The molecule has 4 nitrogen and oxygen atoms in total. The summed E-state index contributed by atoms with van der Waals surface area (Å²) in [7, 11) is 3.59. The lowest BCUT2D eigenvalue weighted by molar-refractivity contribution is 0.100. The number of ketones is 1. The minimum atomic E-state index is 0.0247. The summed E-state index contributed by atoms with van der Waals surface area (Å²) in [6.45, 7) is 0.808. The normalized spacial score (nSPS) is 14.0. The molecule has 4 heteroatoms. The number of nitrogens with one attached hydrogen (secondary N) is 1. The first-order chi connectivity index (χ1) is 12.2. The average Bonchev–Trinajstić information content (AvgIpc) is 2.92. The number of aromatic amines is 1. The average molecular weight is 332 g/mol. The summed E-state index contributed by atoms with van der Waals surface area (Å²) in [6, 6.07) is 15.5. The molecule has 3 aromatic rings. The van der Waals surface area contributed by atoms with E-state index < -0.39 is 0 Å².